The van der Waals surface area contributed by atoms with E-state index in [1.54, 1.807) is 20.8 Å². The first-order valence-electron chi connectivity index (χ1n) is 5.59. The van der Waals surface area contributed by atoms with Crippen molar-refractivity contribution in [1.82, 2.24) is 5.32 Å². The van der Waals surface area contributed by atoms with E-state index in [9.17, 15) is 9.36 Å². The lowest BCUT2D eigenvalue weighted by atomic mass is 10.2. The Morgan fingerprint density at radius 3 is 2.82 bits per heavy atom. The van der Waals surface area contributed by atoms with Gasteiger partial charge in [0.15, 0.2) is 6.16 Å². The standard InChI is InChI=1S/C11H18NO4P/c1-11(2,3)16-10(13)12-9-5-4-8(6-9)7-17(14)15/h6,9H,4-5,7H2,1-3H3,(H-,12,13,14,15)/p+1. The lowest BCUT2D eigenvalue weighted by Crippen LogP contribution is -2.37. The third kappa shape index (κ3) is 5.80. The van der Waals surface area contributed by atoms with Crippen LogP contribution in [-0.2, 0) is 9.30 Å². The lowest BCUT2D eigenvalue weighted by molar-refractivity contribution is 0.0514. The van der Waals surface area contributed by atoms with E-state index in [1.807, 2.05) is 6.08 Å². The molecule has 5 nitrogen and oxygen atoms in total. The van der Waals surface area contributed by atoms with E-state index in [2.05, 4.69) is 5.32 Å². The molecule has 2 atom stereocenters. The fourth-order valence-corrected chi connectivity index (χ4v) is 2.28. The van der Waals surface area contributed by atoms with E-state index in [0.717, 1.165) is 18.4 Å². The van der Waals surface area contributed by atoms with Crippen molar-refractivity contribution in [2.45, 2.75) is 45.3 Å². The molecule has 0 aromatic carbocycles. The highest BCUT2D eigenvalue weighted by molar-refractivity contribution is 7.38. The molecule has 0 aromatic rings. The Labute approximate surface area is 102 Å². The molecule has 0 spiro atoms. The number of rotatable bonds is 3. The largest absolute Gasteiger partial charge is 0.509 e. The summed E-state index contributed by atoms with van der Waals surface area (Å²) in [6.07, 6.45) is 3.10. The summed E-state index contributed by atoms with van der Waals surface area (Å²) in [4.78, 5) is 20.3. The second-order valence-electron chi connectivity index (χ2n) is 5.13. The van der Waals surface area contributed by atoms with Gasteiger partial charge < -0.3 is 10.1 Å². The zero-order valence-electron chi connectivity index (χ0n) is 10.4. The van der Waals surface area contributed by atoms with E-state index < -0.39 is 19.7 Å². The van der Waals surface area contributed by atoms with Crippen molar-refractivity contribution < 1.29 is 19.0 Å². The highest BCUT2D eigenvalue weighted by Crippen LogP contribution is 2.26. The second kappa shape index (κ2) is 5.61. The minimum absolute atomic E-state index is 0.0881. The third-order valence-corrected chi connectivity index (χ3v) is 2.93. The van der Waals surface area contributed by atoms with Gasteiger partial charge in [-0.2, -0.15) is 4.89 Å². The first kappa shape index (κ1) is 14.1. The van der Waals surface area contributed by atoms with Gasteiger partial charge in [0.25, 0.3) is 0 Å². The summed E-state index contributed by atoms with van der Waals surface area (Å²) in [7, 11) is -2.14. The zero-order chi connectivity index (χ0) is 13.1. The van der Waals surface area contributed by atoms with Gasteiger partial charge in [0.05, 0.1) is 6.04 Å². The number of carbonyl (C=O) groups excluding carboxylic acids is 1. The van der Waals surface area contributed by atoms with E-state index >= 15 is 0 Å². The van der Waals surface area contributed by atoms with Crippen molar-refractivity contribution >= 4 is 14.1 Å². The van der Waals surface area contributed by atoms with Crippen molar-refractivity contribution in [2.24, 2.45) is 0 Å². The van der Waals surface area contributed by atoms with Crippen molar-refractivity contribution in [2.75, 3.05) is 6.16 Å². The van der Waals surface area contributed by atoms with Crippen LogP contribution in [0.1, 0.15) is 33.6 Å². The number of amides is 1. The Bertz CT molecular complexity index is 346. The predicted octanol–water partition coefficient (Wildman–Crippen LogP) is 2.33. The molecule has 0 radical (unpaired) electrons. The SMILES string of the molecule is CC(C)(C)OC(=O)NC1C=C(C[P+](=O)O)CC1. The predicted molar refractivity (Wildman–Crippen MR) is 65.2 cm³/mol. The Kier molecular flexibility index (Phi) is 4.66. The van der Waals surface area contributed by atoms with Crippen LogP contribution in [0.25, 0.3) is 0 Å². The average molecular weight is 260 g/mol. The number of alkyl carbamates (subject to hydrolysis) is 1. The minimum atomic E-state index is -2.14. The maximum atomic E-state index is 11.5. The quantitative estimate of drug-likeness (QED) is 0.603. The smallest absolute Gasteiger partial charge is 0.444 e. The number of allylic oxidation sites excluding steroid dienone is 1. The number of nitrogens with one attached hydrogen (secondary N) is 1. The van der Waals surface area contributed by atoms with Gasteiger partial charge in [0, 0.05) is 0 Å². The summed E-state index contributed by atoms with van der Waals surface area (Å²) in [6.45, 7) is 5.41. The van der Waals surface area contributed by atoms with Gasteiger partial charge in [-0.3, -0.25) is 0 Å². The van der Waals surface area contributed by atoms with Crippen LogP contribution >= 0.6 is 8.03 Å². The first-order valence-corrected chi connectivity index (χ1v) is 6.98. The van der Waals surface area contributed by atoms with Crippen LogP contribution in [0.5, 0.6) is 0 Å². The topological polar surface area (TPSA) is 75.6 Å². The van der Waals surface area contributed by atoms with Gasteiger partial charge in [0.1, 0.15) is 5.60 Å². The molecule has 1 aliphatic rings. The molecule has 0 heterocycles. The summed E-state index contributed by atoms with van der Waals surface area (Å²) in [6, 6.07) is -0.0881. The van der Waals surface area contributed by atoms with Gasteiger partial charge in [-0.25, -0.2) is 4.79 Å². The molecule has 2 N–H and O–H groups in total. The number of hydrogen-bond acceptors (Lipinski definition) is 3. The fourth-order valence-electron chi connectivity index (χ4n) is 1.67. The van der Waals surface area contributed by atoms with Crippen molar-refractivity contribution in [3.05, 3.63) is 11.6 Å². The van der Waals surface area contributed by atoms with Gasteiger partial charge in [-0.1, -0.05) is 6.08 Å². The van der Waals surface area contributed by atoms with Crippen LogP contribution in [0.15, 0.2) is 11.6 Å². The highest BCUT2D eigenvalue weighted by atomic mass is 31.1. The molecule has 1 rings (SSSR count). The van der Waals surface area contributed by atoms with E-state index in [0.29, 0.717) is 0 Å². The monoisotopic (exact) mass is 260 g/mol. The minimum Gasteiger partial charge on any atom is -0.444 e. The molecule has 0 saturated heterocycles. The van der Waals surface area contributed by atoms with Crippen LogP contribution < -0.4 is 5.32 Å². The molecule has 96 valence electrons. The summed E-state index contributed by atoms with van der Waals surface area (Å²) in [5, 5.41) is 2.72. The lowest BCUT2D eigenvalue weighted by Gasteiger charge is -2.21. The number of hydrogen-bond donors (Lipinski definition) is 2. The maximum absolute atomic E-state index is 11.5. The zero-order valence-corrected chi connectivity index (χ0v) is 11.3. The molecule has 0 saturated carbocycles. The van der Waals surface area contributed by atoms with Crippen LogP contribution in [0.3, 0.4) is 0 Å². The highest BCUT2D eigenvalue weighted by Gasteiger charge is 2.25. The molecule has 1 aliphatic carbocycles. The molecule has 0 fully saturated rings. The first-order chi connectivity index (χ1) is 7.76. The van der Waals surface area contributed by atoms with Crippen molar-refractivity contribution in [3.8, 4) is 0 Å². The van der Waals surface area contributed by atoms with Crippen LogP contribution in [0, 0.1) is 0 Å². The van der Waals surface area contributed by atoms with Crippen LogP contribution in [-0.4, -0.2) is 28.8 Å². The van der Waals surface area contributed by atoms with Gasteiger partial charge in [-0.15, -0.1) is 0 Å². The Morgan fingerprint density at radius 1 is 1.65 bits per heavy atom. The Morgan fingerprint density at radius 2 is 2.29 bits per heavy atom. The van der Waals surface area contributed by atoms with Gasteiger partial charge >= 0.3 is 14.1 Å². The van der Waals surface area contributed by atoms with E-state index in [4.69, 9.17) is 9.63 Å². The van der Waals surface area contributed by atoms with Gasteiger partial charge in [-0.05, 0) is 43.8 Å². The van der Waals surface area contributed by atoms with Gasteiger partial charge in [0.2, 0.25) is 0 Å². The normalized spacial score (nSPS) is 20.8. The molecule has 0 bridgehead atoms. The summed E-state index contributed by atoms with van der Waals surface area (Å²) < 4.78 is 15.8. The average Bonchev–Trinajstić information content (AvgIpc) is 2.46. The second-order valence-corrected chi connectivity index (χ2v) is 6.15. The number of ether oxygens (including phenoxy) is 1. The molecule has 2 unspecified atom stereocenters. The maximum Gasteiger partial charge on any atom is 0.509 e. The summed E-state index contributed by atoms with van der Waals surface area (Å²) in [5.41, 5.74) is 0.415. The molecular weight excluding hydrogens is 241 g/mol. The van der Waals surface area contributed by atoms with Crippen molar-refractivity contribution in [3.63, 3.8) is 0 Å². The molecule has 17 heavy (non-hydrogen) atoms. The van der Waals surface area contributed by atoms with Crippen LogP contribution in [0.2, 0.25) is 0 Å². The Balaban J connectivity index is 2.41. The van der Waals surface area contributed by atoms with Crippen molar-refractivity contribution in [1.29, 1.82) is 0 Å². The summed E-state index contributed by atoms with van der Waals surface area (Å²) in [5.74, 6) is 0. The fraction of sp³-hybridized carbons (Fsp3) is 0.727. The molecule has 1 amide bonds. The molecule has 6 heteroatoms. The molecular formula is C11H19NO4P+. The molecule has 0 aliphatic heterocycles. The third-order valence-electron chi connectivity index (χ3n) is 2.25. The van der Waals surface area contributed by atoms with Crippen LogP contribution in [0.4, 0.5) is 4.79 Å². The van der Waals surface area contributed by atoms with E-state index in [-0.39, 0.29) is 12.2 Å². The van der Waals surface area contributed by atoms with E-state index in [1.165, 1.54) is 0 Å². The number of carbonyl (C=O) groups is 1. The Hall–Kier alpha value is -0.930. The summed E-state index contributed by atoms with van der Waals surface area (Å²) >= 11 is 0. The molecule has 0 aromatic heterocycles.